The first kappa shape index (κ1) is 14.9. The lowest BCUT2D eigenvalue weighted by atomic mass is 9.90. The van der Waals surface area contributed by atoms with Gasteiger partial charge in [-0.05, 0) is 31.5 Å². The van der Waals surface area contributed by atoms with Gasteiger partial charge in [-0.2, -0.15) is 0 Å². The summed E-state index contributed by atoms with van der Waals surface area (Å²) in [6, 6.07) is 8.97. The summed E-state index contributed by atoms with van der Waals surface area (Å²) in [6.07, 6.45) is 5.35. The summed E-state index contributed by atoms with van der Waals surface area (Å²) < 4.78 is 5.74. The zero-order valence-electron chi connectivity index (χ0n) is 12.1. The van der Waals surface area contributed by atoms with Crippen LogP contribution in [0.4, 0.5) is 0 Å². The van der Waals surface area contributed by atoms with E-state index in [1.807, 2.05) is 12.1 Å². The highest BCUT2D eigenvalue weighted by Gasteiger charge is 2.40. The summed E-state index contributed by atoms with van der Waals surface area (Å²) in [4.78, 5) is 6.64. The van der Waals surface area contributed by atoms with Crippen molar-refractivity contribution < 1.29 is 4.74 Å². The largest absolute Gasteiger partial charge is 0.505 e. The maximum Gasteiger partial charge on any atom is 0.292 e. The average Bonchev–Trinajstić information content (AvgIpc) is 2.79. The summed E-state index contributed by atoms with van der Waals surface area (Å²) in [5, 5.41) is 9.05. The van der Waals surface area contributed by atoms with E-state index in [4.69, 9.17) is 29.6 Å². The first-order valence-corrected chi connectivity index (χ1v) is 6.39. The van der Waals surface area contributed by atoms with Crippen molar-refractivity contribution in [2.75, 3.05) is 0 Å². The third kappa shape index (κ3) is 2.31. The molecule has 0 aliphatic carbocycles. The lowest BCUT2D eigenvalue weighted by Gasteiger charge is -2.24. The Kier molecular flexibility index (Phi) is 3.73. The van der Waals surface area contributed by atoms with Crippen LogP contribution >= 0.6 is 0 Å². The van der Waals surface area contributed by atoms with Crippen molar-refractivity contribution in [3.63, 3.8) is 0 Å². The molecule has 0 N–H and O–H groups in total. The van der Waals surface area contributed by atoms with E-state index in [2.05, 4.69) is 15.6 Å². The van der Waals surface area contributed by atoms with Crippen LogP contribution in [0, 0.1) is 36.8 Å². The lowest BCUT2D eigenvalue weighted by Crippen LogP contribution is -2.20. The van der Waals surface area contributed by atoms with Gasteiger partial charge >= 0.3 is 0 Å². The fourth-order valence-electron chi connectivity index (χ4n) is 2.36. The Morgan fingerprint density at radius 3 is 2.36 bits per heavy atom. The van der Waals surface area contributed by atoms with E-state index in [-0.39, 0.29) is 17.2 Å². The topological polar surface area (TPSA) is 41.7 Å². The van der Waals surface area contributed by atoms with Gasteiger partial charge < -0.3 is 4.74 Å². The van der Waals surface area contributed by atoms with E-state index in [1.165, 1.54) is 0 Å². The van der Waals surface area contributed by atoms with Crippen LogP contribution in [-0.4, -0.2) is 5.60 Å². The molecule has 0 spiro atoms. The van der Waals surface area contributed by atoms with Crippen molar-refractivity contribution in [1.29, 1.82) is 5.26 Å². The molecule has 4 nitrogen and oxygen atoms in total. The summed E-state index contributed by atoms with van der Waals surface area (Å²) in [5.74, 6) is 2.59. The maximum absolute atomic E-state index is 9.05. The number of allylic oxidation sites excluding steroid dienone is 1. The Bertz CT molecular complexity index is 841. The van der Waals surface area contributed by atoms with Crippen LogP contribution < -0.4 is 0 Å². The third-order valence-corrected chi connectivity index (χ3v) is 3.30. The first-order valence-electron chi connectivity index (χ1n) is 6.39. The number of hydrogen-bond donors (Lipinski definition) is 0. The predicted molar refractivity (Wildman–Crippen MR) is 82.3 cm³/mol. The van der Waals surface area contributed by atoms with Crippen LogP contribution in [0.1, 0.15) is 25.0 Å². The summed E-state index contributed by atoms with van der Waals surface area (Å²) in [5.41, 5.74) is 1.35. The number of benzene rings is 1. The molecule has 1 aliphatic heterocycles. The number of terminal acetylenes is 1. The molecule has 1 aromatic carbocycles. The molecule has 2 rings (SSSR count). The van der Waals surface area contributed by atoms with Gasteiger partial charge in [-0.1, -0.05) is 18.1 Å². The Balaban J connectivity index is 2.75. The summed E-state index contributed by atoms with van der Waals surface area (Å²) in [6.45, 7) is 18.1. The molecule has 0 amide bonds. The average molecular weight is 285 g/mol. The Hall–Kier alpha value is -3.47. The van der Waals surface area contributed by atoms with Crippen molar-refractivity contribution in [1.82, 2.24) is 0 Å². The quantitative estimate of drug-likeness (QED) is 0.448. The molecule has 0 atom stereocenters. The number of rotatable bonds is 1. The van der Waals surface area contributed by atoms with Crippen molar-refractivity contribution in [2.45, 2.75) is 19.4 Å². The van der Waals surface area contributed by atoms with Gasteiger partial charge in [0.2, 0.25) is 5.70 Å². The van der Waals surface area contributed by atoms with Gasteiger partial charge in [-0.3, -0.25) is 0 Å². The minimum Gasteiger partial charge on any atom is -0.505 e. The Morgan fingerprint density at radius 1 is 1.27 bits per heavy atom. The van der Waals surface area contributed by atoms with E-state index < -0.39 is 5.60 Å². The van der Waals surface area contributed by atoms with E-state index in [0.29, 0.717) is 5.57 Å². The SMILES string of the molecule is [C-]#[N+]C(C#N)=C1OC(C)(C)C(c2ccc(C#C)cc2)=C1[N+]#[C-]. The molecule has 0 fully saturated rings. The number of ether oxygens (including phenoxy) is 1. The minimum atomic E-state index is -0.806. The molecule has 1 aliphatic rings. The van der Waals surface area contributed by atoms with Gasteiger partial charge in [0.1, 0.15) is 11.4 Å². The highest BCUT2D eigenvalue weighted by Crippen LogP contribution is 2.45. The lowest BCUT2D eigenvalue weighted by molar-refractivity contribution is 0.109. The molecule has 0 saturated carbocycles. The monoisotopic (exact) mass is 285 g/mol. The van der Waals surface area contributed by atoms with Crippen LogP contribution in [0.25, 0.3) is 15.3 Å². The maximum atomic E-state index is 9.05. The van der Waals surface area contributed by atoms with Crippen LogP contribution in [0.3, 0.4) is 0 Å². The second-order valence-electron chi connectivity index (χ2n) is 5.07. The molecule has 4 heteroatoms. The zero-order valence-corrected chi connectivity index (χ0v) is 12.1. The van der Waals surface area contributed by atoms with Gasteiger partial charge in [0.05, 0.1) is 19.2 Å². The molecule has 0 bridgehead atoms. The molecular weight excluding hydrogens is 274 g/mol. The van der Waals surface area contributed by atoms with E-state index >= 15 is 0 Å². The second kappa shape index (κ2) is 5.49. The zero-order chi connectivity index (χ0) is 16.3. The third-order valence-electron chi connectivity index (χ3n) is 3.30. The van der Waals surface area contributed by atoms with Crippen molar-refractivity contribution in [2.24, 2.45) is 0 Å². The van der Waals surface area contributed by atoms with Crippen molar-refractivity contribution >= 4 is 5.57 Å². The van der Waals surface area contributed by atoms with Crippen LogP contribution in [-0.2, 0) is 4.74 Å². The summed E-state index contributed by atoms with van der Waals surface area (Å²) >= 11 is 0. The van der Waals surface area contributed by atoms with Crippen LogP contribution in [0.15, 0.2) is 41.4 Å². The molecule has 0 aromatic heterocycles. The Morgan fingerprint density at radius 2 is 1.91 bits per heavy atom. The van der Waals surface area contributed by atoms with E-state index in [1.54, 1.807) is 32.0 Å². The van der Waals surface area contributed by atoms with Gasteiger partial charge in [-0.15, -0.1) is 6.42 Å². The van der Waals surface area contributed by atoms with Gasteiger partial charge in [0.25, 0.3) is 5.70 Å². The summed E-state index contributed by atoms with van der Waals surface area (Å²) in [7, 11) is 0. The van der Waals surface area contributed by atoms with Crippen molar-refractivity contribution in [3.8, 4) is 18.4 Å². The highest BCUT2D eigenvalue weighted by atomic mass is 16.5. The molecule has 1 heterocycles. The standard InChI is InChI=1S/C18H11N3O/c1-6-12-7-9-13(10-8-12)15-16(21-5)17(14(11-19)20-4)22-18(15,2)3/h1,7-10H,2-3H3. The normalized spacial score (nSPS) is 17.5. The molecule has 1 aromatic rings. The molecule has 0 unspecified atom stereocenters. The molecule has 104 valence electrons. The fourth-order valence-corrected chi connectivity index (χ4v) is 2.36. The van der Waals surface area contributed by atoms with E-state index in [9.17, 15) is 0 Å². The first-order chi connectivity index (χ1) is 10.5. The molecule has 0 radical (unpaired) electrons. The van der Waals surface area contributed by atoms with Crippen LogP contribution in [0.2, 0.25) is 0 Å². The smallest absolute Gasteiger partial charge is 0.292 e. The molecule has 0 saturated heterocycles. The van der Waals surface area contributed by atoms with Crippen molar-refractivity contribution in [3.05, 3.63) is 75.4 Å². The minimum absolute atomic E-state index is 0.0496. The van der Waals surface area contributed by atoms with Gasteiger partial charge in [0, 0.05) is 11.1 Å². The predicted octanol–water partition coefficient (Wildman–Crippen LogP) is 3.76. The molecular formula is C18H11N3O. The Labute approximate surface area is 129 Å². The number of nitriles is 1. The number of nitrogens with zero attached hydrogens (tertiary/aromatic N) is 3. The van der Waals surface area contributed by atoms with E-state index in [0.717, 1.165) is 11.1 Å². The number of hydrogen-bond acceptors (Lipinski definition) is 2. The van der Waals surface area contributed by atoms with Gasteiger partial charge in [-0.25, -0.2) is 15.0 Å². The second-order valence-corrected chi connectivity index (χ2v) is 5.07. The van der Waals surface area contributed by atoms with Crippen LogP contribution in [0.5, 0.6) is 0 Å². The highest BCUT2D eigenvalue weighted by molar-refractivity contribution is 5.82. The molecule has 22 heavy (non-hydrogen) atoms. The van der Waals surface area contributed by atoms with Gasteiger partial charge in [0.15, 0.2) is 0 Å². The fraction of sp³-hybridized carbons (Fsp3) is 0.167.